The van der Waals surface area contributed by atoms with E-state index in [0.717, 1.165) is 6.42 Å². The van der Waals surface area contributed by atoms with Gasteiger partial charge in [0.1, 0.15) is 48.8 Å². The molecule has 2 aliphatic rings. The molecule has 172 valence electrons. The highest BCUT2D eigenvalue weighted by molar-refractivity contribution is 4.94. The zero-order chi connectivity index (χ0) is 21.7. The van der Waals surface area contributed by atoms with Gasteiger partial charge in [-0.25, -0.2) is 0 Å². The van der Waals surface area contributed by atoms with Crippen LogP contribution in [0.15, 0.2) is 0 Å². The molecular formula is C17H33NO11. The van der Waals surface area contributed by atoms with Gasteiger partial charge in [-0.2, -0.15) is 0 Å². The van der Waals surface area contributed by atoms with Crippen molar-refractivity contribution in [3.8, 4) is 0 Å². The molecule has 2 rings (SSSR count). The van der Waals surface area contributed by atoms with Crippen molar-refractivity contribution in [2.45, 2.75) is 87.3 Å². The molecule has 11 atom stereocenters. The molecule has 0 spiro atoms. The predicted octanol–water partition coefficient (Wildman–Crippen LogP) is -4.25. The fourth-order valence-corrected chi connectivity index (χ4v) is 3.40. The Hall–Kier alpha value is -0.480. The Morgan fingerprint density at radius 2 is 1.38 bits per heavy atom. The van der Waals surface area contributed by atoms with Gasteiger partial charge in [0.2, 0.25) is 0 Å². The molecule has 29 heavy (non-hydrogen) atoms. The van der Waals surface area contributed by atoms with E-state index in [4.69, 9.17) is 24.7 Å². The van der Waals surface area contributed by atoms with Gasteiger partial charge in [0, 0.05) is 6.54 Å². The number of aliphatic hydroxyl groups excluding tert-OH is 7. The molecule has 2 heterocycles. The number of aliphatic hydroxyl groups is 7. The summed E-state index contributed by atoms with van der Waals surface area (Å²) in [6.07, 6.45) is -13.8. The molecule has 2 fully saturated rings. The largest absolute Gasteiger partial charge is 0.394 e. The van der Waals surface area contributed by atoms with Crippen LogP contribution in [-0.2, 0) is 18.9 Å². The van der Waals surface area contributed by atoms with Crippen molar-refractivity contribution in [2.75, 3.05) is 19.8 Å². The summed E-state index contributed by atoms with van der Waals surface area (Å²) in [6.45, 7) is 0.815. The molecule has 2 aliphatic heterocycles. The number of nitrogens with two attached hydrogens (primary N) is 1. The second-order valence-corrected chi connectivity index (χ2v) is 7.29. The lowest BCUT2D eigenvalue weighted by Crippen LogP contribution is -2.65. The molecule has 12 heteroatoms. The molecule has 4 unspecified atom stereocenters. The van der Waals surface area contributed by atoms with Crippen molar-refractivity contribution < 1.29 is 54.7 Å². The average Bonchev–Trinajstić information content (AvgIpc) is 2.72. The Bertz CT molecular complexity index is 484. The van der Waals surface area contributed by atoms with Crippen LogP contribution in [0.1, 0.15) is 19.8 Å². The highest BCUT2D eigenvalue weighted by Gasteiger charge is 2.51. The monoisotopic (exact) mass is 427 g/mol. The smallest absolute Gasteiger partial charge is 0.187 e. The Kier molecular flexibility index (Phi) is 9.60. The van der Waals surface area contributed by atoms with Gasteiger partial charge in [0.15, 0.2) is 12.6 Å². The van der Waals surface area contributed by atoms with Crippen LogP contribution in [0.5, 0.6) is 0 Å². The van der Waals surface area contributed by atoms with Gasteiger partial charge in [-0.15, -0.1) is 0 Å². The van der Waals surface area contributed by atoms with Gasteiger partial charge in [-0.3, -0.25) is 0 Å². The third-order valence-electron chi connectivity index (χ3n) is 5.16. The lowest BCUT2D eigenvalue weighted by Gasteiger charge is -2.46. The normalized spacial score (nSPS) is 44.6. The molecule has 0 aromatic rings. The summed E-state index contributed by atoms with van der Waals surface area (Å²) in [6, 6.07) is 0. The van der Waals surface area contributed by atoms with Gasteiger partial charge >= 0.3 is 0 Å². The standard InChI is InChI=1S/C17H33NO11/c1-2-3-7(4-18)26-17-15(13(24)11(22)9(6-20)28-17)29-16-14(25)12(23)10(21)8(5-19)27-16/h7-17,19-25H,2-6,18H2,1H3/t7-,8?,9+,10-,11+,12+,13?,14?,15?,16-,17-/m1/s1. The van der Waals surface area contributed by atoms with Crippen molar-refractivity contribution in [3.05, 3.63) is 0 Å². The maximum atomic E-state index is 10.5. The molecule has 9 N–H and O–H groups in total. The number of ether oxygens (including phenoxy) is 4. The summed E-state index contributed by atoms with van der Waals surface area (Å²) in [5.41, 5.74) is 5.69. The highest BCUT2D eigenvalue weighted by Crippen LogP contribution is 2.30. The van der Waals surface area contributed by atoms with Gasteiger partial charge in [0.25, 0.3) is 0 Å². The van der Waals surface area contributed by atoms with E-state index < -0.39 is 80.7 Å². The van der Waals surface area contributed by atoms with E-state index in [1.54, 1.807) is 0 Å². The van der Waals surface area contributed by atoms with Crippen LogP contribution in [0.25, 0.3) is 0 Å². The quantitative estimate of drug-likeness (QED) is 0.176. The molecule has 0 bridgehead atoms. The first-order valence-electron chi connectivity index (χ1n) is 9.72. The van der Waals surface area contributed by atoms with E-state index in [1.165, 1.54) is 0 Å². The van der Waals surface area contributed by atoms with Gasteiger partial charge in [-0.1, -0.05) is 13.3 Å². The van der Waals surface area contributed by atoms with Crippen molar-refractivity contribution in [1.82, 2.24) is 0 Å². The highest BCUT2D eigenvalue weighted by atomic mass is 16.8. The molecule has 0 saturated carbocycles. The van der Waals surface area contributed by atoms with Crippen LogP contribution < -0.4 is 5.73 Å². The van der Waals surface area contributed by atoms with Gasteiger partial charge in [-0.05, 0) is 6.42 Å². The zero-order valence-corrected chi connectivity index (χ0v) is 16.2. The molecule has 12 nitrogen and oxygen atoms in total. The van der Waals surface area contributed by atoms with Crippen LogP contribution in [0.3, 0.4) is 0 Å². The van der Waals surface area contributed by atoms with Crippen molar-refractivity contribution in [3.63, 3.8) is 0 Å². The molecule has 0 aromatic carbocycles. The summed E-state index contributed by atoms with van der Waals surface area (Å²) in [7, 11) is 0. The van der Waals surface area contributed by atoms with Gasteiger partial charge in [0.05, 0.1) is 19.3 Å². The summed E-state index contributed by atoms with van der Waals surface area (Å²) in [4.78, 5) is 0. The first-order valence-corrected chi connectivity index (χ1v) is 9.72. The van der Waals surface area contributed by atoms with Crippen molar-refractivity contribution >= 4 is 0 Å². The number of hydrogen-bond donors (Lipinski definition) is 8. The summed E-state index contributed by atoms with van der Waals surface area (Å²) in [5.74, 6) is 0. The third-order valence-corrected chi connectivity index (χ3v) is 5.16. The van der Waals surface area contributed by atoms with Crippen molar-refractivity contribution in [2.24, 2.45) is 5.73 Å². The van der Waals surface area contributed by atoms with Crippen LogP contribution >= 0.6 is 0 Å². The van der Waals surface area contributed by atoms with Crippen LogP contribution in [0, 0.1) is 0 Å². The van der Waals surface area contributed by atoms with E-state index >= 15 is 0 Å². The Balaban J connectivity index is 2.20. The second kappa shape index (κ2) is 11.2. The fourth-order valence-electron chi connectivity index (χ4n) is 3.40. The van der Waals surface area contributed by atoms with E-state index in [2.05, 4.69) is 0 Å². The minimum Gasteiger partial charge on any atom is -0.394 e. The van der Waals surface area contributed by atoms with Crippen LogP contribution in [0.4, 0.5) is 0 Å². The summed E-state index contributed by atoms with van der Waals surface area (Å²) >= 11 is 0. The molecule has 0 aromatic heterocycles. The first kappa shape index (κ1) is 24.8. The number of hydrogen-bond acceptors (Lipinski definition) is 12. The first-order chi connectivity index (χ1) is 13.8. The Labute approximate surface area is 168 Å². The predicted molar refractivity (Wildman–Crippen MR) is 95.2 cm³/mol. The molecule has 0 amide bonds. The third kappa shape index (κ3) is 5.61. The molecule has 2 saturated heterocycles. The summed E-state index contributed by atoms with van der Waals surface area (Å²) < 4.78 is 22.2. The van der Waals surface area contributed by atoms with Crippen LogP contribution in [0.2, 0.25) is 0 Å². The summed E-state index contributed by atoms with van der Waals surface area (Å²) in [5, 5.41) is 69.4. The lowest BCUT2D eigenvalue weighted by atomic mass is 9.97. The van der Waals surface area contributed by atoms with Crippen molar-refractivity contribution in [1.29, 1.82) is 0 Å². The Morgan fingerprint density at radius 1 is 0.828 bits per heavy atom. The van der Waals surface area contributed by atoms with Gasteiger partial charge < -0.3 is 60.4 Å². The minimum absolute atomic E-state index is 0.142. The lowest BCUT2D eigenvalue weighted by molar-refractivity contribution is -0.371. The fraction of sp³-hybridized carbons (Fsp3) is 1.00. The Morgan fingerprint density at radius 3 is 1.90 bits per heavy atom. The topological polar surface area (TPSA) is 205 Å². The maximum absolute atomic E-state index is 10.5. The van der Waals surface area contributed by atoms with Crippen LogP contribution in [-0.4, -0.2) is 123 Å². The molecule has 0 radical (unpaired) electrons. The number of rotatable bonds is 9. The second-order valence-electron chi connectivity index (χ2n) is 7.29. The minimum atomic E-state index is -1.71. The molecular weight excluding hydrogens is 394 g/mol. The van der Waals surface area contributed by atoms with E-state index in [1.807, 2.05) is 6.92 Å². The van der Waals surface area contributed by atoms with E-state index in [9.17, 15) is 35.7 Å². The SMILES string of the molecule is CCC[C@H](CN)O[C@@H]1O[C@@H](CO)[C@H](O)C(O)C1O[C@H]1OC(CO)[C@@H](O)[C@H](O)C1O. The zero-order valence-electron chi connectivity index (χ0n) is 16.2. The van der Waals surface area contributed by atoms with E-state index in [0.29, 0.717) is 6.42 Å². The maximum Gasteiger partial charge on any atom is 0.187 e. The van der Waals surface area contributed by atoms with E-state index in [-0.39, 0.29) is 6.54 Å². The molecule has 0 aliphatic carbocycles. The average molecular weight is 427 g/mol.